The topological polar surface area (TPSA) is 57.7 Å². The summed E-state index contributed by atoms with van der Waals surface area (Å²) in [6, 6.07) is 35.4. The number of amides is 1. The number of carbonyl (C=O) groups is 1. The molecule has 1 saturated heterocycles. The molecule has 4 aromatic rings. The van der Waals surface area contributed by atoms with Gasteiger partial charge >= 0.3 is 0 Å². The third kappa shape index (κ3) is 5.81. The highest BCUT2D eigenvalue weighted by Gasteiger charge is 2.31. The highest BCUT2D eigenvalue weighted by Crippen LogP contribution is 2.31. The first-order chi connectivity index (χ1) is 18.5. The average molecular weight is 525 g/mol. The predicted octanol–water partition coefficient (Wildman–Crippen LogP) is 6.18. The van der Waals surface area contributed by atoms with E-state index in [0.717, 1.165) is 24.8 Å². The van der Waals surface area contributed by atoms with Crippen molar-refractivity contribution in [3.8, 4) is 0 Å². The Labute approximate surface area is 225 Å². The van der Waals surface area contributed by atoms with Gasteiger partial charge in [-0.05, 0) is 60.6 Å². The van der Waals surface area contributed by atoms with Gasteiger partial charge in [-0.2, -0.15) is 0 Å². The lowest BCUT2D eigenvalue weighted by Gasteiger charge is -2.33. The van der Waals surface area contributed by atoms with Gasteiger partial charge in [0.15, 0.2) is 0 Å². The molecule has 0 unspecified atom stereocenters. The highest BCUT2D eigenvalue weighted by molar-refractivity contribution is 7.92. The van der Waals surface area contributed by atoms with Crippen molar-refractivity contribution in [3.63, 3.8) is 0 Å². The molecule has 1 amide bonds. The highest BCUT2D eigenvalue weighted by atomic mass is 32.2. The maximum Gasteiger partial charge on any atom is 0.264 e. The third-order valence-corrected chi connectivity index (χ3v) is 8.95. The van der Waals surface area contributed by atoms with Crippen LogP contribution in [0.2, 0.25) is 0 Å². The molecule has 1 aliphatic rings. The van der Waals surface area contributed by atoms with Gasteiger partial charge in [-0.3, -0.25) is 9.10 Å². The van der Waals surface area contributed by atoms with Gasteiger partial charge in [-0.15, -0.1) is 0 Å². The Kier molecular flexibility index (Phi) is 7.89. The van der Waals surface area contributed by atoms with Crippen molar-refractivity contribution in [1.29, 1.82) is 0 Å². The molecule has 5 nitrogen and oxygen atoms in total. The quantitative estimate of drug-likeness (QED) is 0.277. The van der Waals surface area contributed by atoms with E-state index in [1.807, 2.05) is 41.3 Å². The summed E-state index contributed by atoms with van der Waals surface area (Å²) in [5.74, 6) is 0.407. The van der Waals surface area contributed by atoms with Crippen LogP contribution in [-0.4, -0.2) is 32.3 Å². The standard InChI is InChI=1S/C32H32N2O3S/c35-32(33-22-20-27(21-23-33)24-26-12-4-1-5-13-26)30-18-10-11-19-31(30)34(25-28-14-6-2-7-15-28)38(36,37)29-16-8-3-9-17-29/h1-19,27H,20-25H2. The van der Waals surface area contributed by atoms with Crippen molar-refractivity contribution in [1.82, 2.24) is 4.90 Å². The van der Waals surface area contributed by atoms with Crippen LogP contribution in [0.25, 0.3) is 0 Å². The molecule has 194 valence electrons. The largest absolute Gasteiger partial charge is 0.339 e. The number of sulfonamides is 1. The number of nitrogens with zero attached hydrogens (tertiary/aromatic N) is 2. The van der Waals surface area contributed by atoms with E-state index >= 15 is 0 Å². The smallest absolute Gasteiger partial charge is 0.264 e. The molecule has 0 radical (unpaired) electrons. The first-order valence-corrected chi connectivity index (χ1v) is 14.5. The van der Waals surface area contributed by atoms with Gasteiger partial charge in [-0.25, -0.2) is 8.42 Å². The lowest BCUT2D eigenvalue weighted by molar-refractivity contribution is 0.0691. The van der Waals surface area contributed by atoms with E-state index in [-0.39, 0.29) is 17.3 Å². The van der Waals surface area contributed by atoms with Crippen LogP contribution in [-0.2, 0) is 23.0 Å². The van der Waals surface area contributed by atoms with E-state index in [0.29, 0.717) is 30.3 Å². The van der Waals surface area contributed by atoms with E-state index < -0.39 is 10.0 Å². The first-order valence-electron chi connectivity index (χ1n) is 13.1. The summed E-state index contributed by atoms with van der Waals surface area (Å²) in [6.45, 7) is 1.45. The molecule has 38 heavy (non-hydrogen) atoms. The number of piperidine rings is 1. The van der Waals surface area contributed by atoms with Crippen molar-refractivity contribution in [3.05, 3.63) is 132 Å². The van der Waals surface area contributed by atoms with Crippen LogP contribution in [0, 0.1) is 5.92 Å². The Hall–Kier alpha value is -3.90. The fourth-order valence-electron chi connectivity index (χ4n) is 5.10. The lowest BCUT2D eigenvalue weighted by atomic mass is 9.90. The van der Waals surface area contributed by atoms with Crippen molar-refractivity contribution < 1.29 is 13.2 Å². The number of para-hydroxylation sites is 1. The van der Waals surface area contributed by atoms with Crippen LogP contribution in [0.1, 0.15) is 34.3 Å². The number of carbonyl (C=O) groups excluding carboxylic acids is 1. The lowest BCUT2D eigenvalue weighted by Crippen LogP contribution is -2.40. The van der Waals surface area contributed by atoms with Gasteiger partial charge in [0.25, 0.3) is 15.9 Å². The SMILES string of the molecule is O=C(c1ccccc1N(Cc1ccccc1)S(=O)(=O)c1ccccc1)N1CCC(Cc2ccccc2)CC1. The van der Waals surface area contributed by atoms with E-state index in [4.69, 9.17) is 0 Å². The number of rotatable bonds is 8. The molecule has 1 aliphatic heterocycles. The Morgan fingerprint density at radius 1 is 0.711 bits per heavy atom. The monoisotopic (exact) mass is 524 g/mol. The van der Waals surface area contributed by atoms with E-state index in [2.05, 4.69) is 24.3 Å². The molecule has 4 aromatic carbocycles. The normalized spacial score (nSPS) is 14.3. The molecule has 0 aromatic heterocycles. The van der Waals surface area contributed by atoms with Crippen molar-refractivity contribution in [2.45, 2.75) is 30.7 Å². The number of anilines is 1. The van der Waals surface area contributed by atoms with Crippen molar-refractivity contribution in [2.24, 2.45) is 5.92 Å². The zero-order valence-electron chi connectivity index (χ0n) is 21.3. The summed E-state index contributed by atoms with van der Waals surface area (Å²) >= 11 is 0. The van der Waals surface area contributed by atoms with Crippen LogP contribution < -0.4 is 4.31 Å². The number of hydrogen-bond donors (Lipinski definition) is 0. The molecule has 0 aliphatic carbocycles. The molecule has 6 heteroatoms. The van der Waals surface area contributed by atoms with E-state index in [1.165, 1.54) is 9.87 Å². The summed E-state index contributed by atoms with van der Waals surface area (Å²) in [6.07, 6.45) is 2.87. The fraction of sp³-hybridized carbons (Fsp3) is 0.219. The number of likely N-dealkylation sites (tertiary alicyclic amines) is 1. The molecule has 0 N–H and O–H groups in total. The maximum absolute atomic E-state index is 13.9. The number of benzene rings is 4. The second-order valence-corrected chi connectivity index (χ2v) is 11.6. The molecular weight excluding hydrogens is 492 g/mol. The van der Waals surface area contributed by atoms with E-state index in [1.54, 1.807) is 54.6 Å². The maximum atomic E-state index is 13.9. The van der Waals surface area contributed by atoms with Gasteiger partial charge in [0.2, 0.25) is 0 Å². The zero-order valence-corrected chi connectivity index (χ0v) is 22.1. The van der Waals surface area contributed by atoms with Crippen LogP contribution >= 0.6 is 0 Å². The molecule has 0 saturated carbocycles. The van der Waals surface area contributed by atoms with Crippen LogP contribution in [0.15, 0.2) is 120 Å². The van der Waals surface area contributed by atoms with Gasteiger partial charge in [-0.1, -0.05) is 91.0 Å². The number of hydrogen-bond acceptors (Lipinski definition) is 3. The molecule has 0 bridgehead atoms. The van der Waals surface area contributed by atoms with Crippen LogP contribution in [0.3, 0.4) is 0 Å². The van der Waals surface area contributed by atoms with E-state index in [9.17, 15) is 13.2 Å². The fourth-order valence-corrected chi connectivity index (χ4v) is 6.59. The second-order valence-electron chi connectivity index (χ2n) is 9.75. The summed E-state index contributed by atoms with van der Waals surface area (Å²) in [7, 11) is -3.92. The van der Waals surface area contributed by atoms with Crippen molar-refractivity contribution >= 4 is 21.6 Å². The van der Waals surface area contributed by atoms with Crippen LogP contribution in [0.5, 0.6) is 0 Å². The minimum Gasteiger partial charge on any atom is -0.339 e. The van der Waals surface area contributed by atoms with Gasteiger partial charge < -0.3 is 4.90 Å². The Morgan fingerprint density at radius 2 is 1.24 bits per heavy atom. The van der Waals surface area contributed by atoms with Crippen LogP contribution in [0.4, 0.5) is 5.69 Å². The molecule has 1 fully saturated rings. The summed E-state index contributed by atoms with van der Waals surface area (Å²) in [4.78, 5) is 15.9. The third-order valence-electron chi connectivity index (χ3n) is 7.17. The molecule has 5 rings (SSSR count). The first kappa shape index (κ1) is 25.7. The zero-order chi connectivity index (χ0) is 26.4. The summed E-state index contributed by atoms with van der Waals surface area (Å²) < 4.78 is 29.2. The second kappa shape index (κ2) is 11.7. The molecule has 0 spiro atoms. The van der Waals surface area contributed by atoms with Gasteiger partial charge in [0.1, 0.15) is 0 Å². The minimum atomic E-state index is -3.92. The Balaban J connectivity index is 1.41. The Morgan fingerprint density at radius 3 is 1.87 bits per heavy atom. The molecule has 0 atom stereocenters. The predicted molar refractivity (Wildman–Crippen MR) is 151 cm³/mol. The van der Waals surface area contributed by atoms with Crippen molar-refractivity contribution in [2.75, 3.05) is 17.4 Å². The summed E-state index contributed by atoms with van der Waals surface area (Å²) in [5.41, 5.74) is 2.97. The van der Waals surface area contributed by atoms with Gasteiger partial charge in [0.05, 0.1) is 22.7 Å². The minimum absolute atomic E-state index is 0.125. The Bertz CT molecular complexity index is 1450. The molecular formula is C32H32N2O3S. The van der Waals surface area contributed by atoms with Gasteiger partial charge in [0, 0.05) is 13.1 Å². The average Bonchev–Trinajstić information content (AvgIpc) is 2.97. The summed E-state index contributed by atoms with van der Waals surface area (Å²) in [5, 5.41) is 0. The molecule has 1 heterocycles.